The van der Waals surface area contributed by atoms with Gasteiger partial charge in [0.15, 0.2) is 0 Å². The van der Waals surface area contributed by atoms with Crippen LogP contribution in [0.1, 0.15) is 284 Å². The molecule has 10 nitrogen and oxygen atoms in total. The van der Waals surface area contributed by atoms with Crippen molar-refractivity contribution in [1.82, 2.24) is 0 Å². The average molecular weight is 1280 g/mol. The van der Waals surface area contributed by atoms with E-state index < -0.39 is 5.97 Å². The van der Waals surface area contributed by atoms with E-state index in [9.17, 15) is 4.79 Å². The van der Waals surface area contributed by atoms with Crippen molar-refractivity contribution >= 4 is 40.1 Å². The van der Waals surface area contributed by atoms with E-state index in [1.807, 2.05) is 36.4 Å². The summed E-state index contributed by atoms with van der Waals surface area (Å²) in [5, 5.41) is 0. The van der Waals surface area contributed by atoms with Crippen LogP contribution in [0.25, 0.3) is 0 Å². The molecule has 12 N–H and O–H groups in total. The second-order valence-electron chi connectivity index (χ2n) is 29.5. The second-order valence-corrected chi connectivity index (χ2v) is 29.5. The molecule has 0 aliphatic heterocycles. The van der Waals surface area contributed by atoms with E-state index in [-0.39, 0.29) is 0 Å². The zero-order valence-electron chi connectivity index (χ0n) is 58.0. The number of ether oxygens (including phenoxy) is 3. The summed E-state index contributed by atoms with van der Waals surface area (Å²) >= 11 is 0. The van der Waals surface area contributed by atoms with E-state index in [2.05, 4.69) is 81.4 Å². The molecular weight excluding hydrogens is 1160 g/mol. The third kappa shape index (κ3) is 22.4. The predicted octanol–water partition coefficient (Wildman–Crippen LogP) is 23.3. The molecular formula is C84H120N6O4. The van der Waals surface area contributed by atoms with E-state index in [4.69, 9.17) is 48.6 Å². The van der Waals surface area contributed by atoms with Crippen molar-refractivity contribution in [3.8, 4) is 28.7 Å². The molecule has 6 aromatic carbocycles. The maximum atomic E-state index is 12.4. The van der Waals surface area contributed by atoms with Crippen LogP contribution < -0.4 is 48.6 Å². The standard InChI is InChI=1S/C30H42N2O2.C29H42N2O.C25H36N2O/c1-2-3-4-5-21-6-8-22(9-7-21)23-10-12-24(13-11-23)25-14-16-29(17-15-25)34-30(33)26-18-27(31)20-28(32)19-26;1-2-3-4-5-21-6-8-22(9-7-21)23-10-12-24(13-11-23)25-14-17-27(18-15-25)32-29-19-16-26(30)20-28(29)31;1-2-3-4-5-6-7-19-8-10-20(11-9-19)21-12-15-23(16-13-21)28-25-17-14-22(26)18-24(25)27/h14-24H,2-13,31-32H2,1H3;14-24H,2-13,30-31H2,1H3;12-20H,2-11,26-27H2,1H3. The number of nitrogen functional groups attached to an aromatic ring is 6. The highest BCUT2D eigenvalue weighted by molar-refractivity contribution is 5.93. The fourth-order valence-electron chi connectivity index (χ4n) is 16.9. The molecule has 0 unspecified atom stereocenters. The first-order chi connectivity index (χ1) is 45.8. The number of carbonyl (C=O) groups is 1. The summed E-state index contributed by atoms with van der Waals surface area (Å²) < 4.78 is 17.4. The van der Waals surface area contributed by atoms with Crippen LogP contribution in [-0.2, 0) is 0 Å². The second kappa shape index (κ2) is 37.5. The third-order valence-electron chi connectivity index (χ3n) is 22.7. The number of rotatable bonds is 25. The van der Waals surface area contributed by atoms with Gasteiger partial charge in [-0.05, 0) is 270 Å². The SMILES string of the molecule is CCCCCC1CCC(C2CCC(c3ccc(OC(=O)c4cc(N)cc(N)c4)cc3)CC2)CC1.CCCCCC1CCC(C2CCC(c3ccc(Oc4ccc(N)cc4N)cc3)CC2)CC1.CCCCCCCC1CCC(c2ccc(Oc3ccc(N)cc3N)cc2)CC1. The Hall–Kier alpha value is -6.81. The lowest BCUT2D eigenvalue weighted by molar-refractivity contribution is 0.0734. The lowest BCUT2D eigenvalue weighted by Gasteiger charge is -2.38. The molecule has 6 aromatic rings. The van der Waals surface area contributed by atoms with Crippen molar-refractivity contribution in [3.63, 3.8) is 0 Å². The molecule has 0 amide bonds. The number of benzene rings is 6. The molecule has 0 spiro atoms. The average Bonchev–Trinajstić information content (AvgIpc) is 1.21. The summed E-state index contributed by atoms with van der Waals surface area (Å²) in [6.45, 7) is 6.90. The van der Waals surface area contributed by atoms with Gasteiger partial charge in [0.2, 0.25) is 0 Å². The minimum absolute atomic E-state index is 0.370. The van der Waals surface area contributed by atoms with Crippen LogP contribution in [0.3, 0.4) is 0 Å². The Morgan fingerprint density at radius 3 is 1.00 bits per heavy atom. The number of nitrogens with two attached hydrogens (primary N) is 6. The first-order valence-corrected chi connectivity index (χ1v) is 37.6. The summed E-state index contributed by atoms with van der Waals surface area (Å²) in [6.07, 6.45) is 47.9. The molecule has 0 bridgehead atoms. The Bertz CT molecular complexity index is 3120. The summed E-state index contributed by atoms with van der Waals surface area (Å²) in [5.74, 6) is 12.0. The summed E-state index contributed by atoms with van der Waals surface area (Å²) in [5.41, 5.74) is 43.1. The van der Waals surface area contributed by atoms with Crippen LogP contribution in [0.5, 0.6) is 28.7 Å². The zero-order chi connectivity index (χ0) is 66.0. The molecule has 510 valence electrons. The van der Waals surface area contributed by atoms with Gasteiger partial charge in [-0.15, -0.1) is 0 Å². The van der Waals surface area contributed by atoms with Crippen molar-refractivity contribution in [2.45, 2.75) is 257 Å². The van der Waals surface area contributed by atoms with Gasteiger partial charge in [-0.1, -0.05) is 173 Å². The van der Waals surface area contributed by atoms with E-state index in [1.54, 1.807) is 30.3 Å². The fraction of sp³-hybridized carbons (Fsp3) is 0.560. The monoisotopic (exact) mass is 1280 g/mol. The molecule has 10 heteroatoms. The highest BCUT2D eigenvalue weighted by Crippen LogP contribution is 2.47. The highest BCUT2D eigenvalue weighted by atomic mass is 16.5. The topological polar surface area (TPSA) is 201 Å². The van der Waals surface area contributed by atoms with E-state index in [1.165, 1.54) is 235 Å². The van der Waals surface area contributed by atoms with Gasteiger partial charge in [-0.2, -0.15) is 0 Å². The van der Waals surface area contributed by atoms with Gasteiger partial charge in [-0.3, -0.25) is 0 Å². The van der Waals surface area contributed by atoms with Crippen LogP contribution in [0.15, 0.2) is 127 Å². The highest BCUT2D eigenvalue weighted by Gasteiger charge is 2.33. The van der Waals surface area contributed by atoms with Crippen molar-refractivity contribution in [2.24, 2.45) is 41.4 Å². The molecule has 94 heavy (non-hydrogen) atoms. The van der Waals surface area contributed by atoms with E-state index in [0.29, 0.717) is 74.7 Å². The summed E-state index contributed by atoms with van der Waals surface area (Å²) in [4.78, 5) is 12.4. The first-order valence-electron chi connectivity index (χ1n) is 37.6. The van der Waals surface area contributed by atoms with Gasteiger partial charge in [0.05, 0.1) is 16.9 Å². The van der Waals surface area contributed by atoms with Crippen molar-refractivity contribution in [2.75, 3.05) is 34.4 Å². The Balaban J connectivity index is 0.000000167. The summed E-state index contributed by atoms with van der Waals surface area (Å²) in [6, 6.07) is 40.8. The number of esters is 1. The largest absolute Gasteiger partial charge is 0.455 e. The van der Waals surface area contributed by atoms with Gasteiger partial charge in [-0.25, -0.2) is 4.79 Å². The lowest BCUT2D eigenvalue weighted by Crippen LogP contribution is -2.25. The van der Waals surface area contributed by atoms with Crippen molar-refractivity contribution < 1.29 is 19.0 Å². The molecule has 5 fully saturated rings. The van der Waals surface area contributed by atoms with Crippen LogP contribution in [0, 0.1) is 41.4 Å². The Kier molecular flexibility index (Phi) is 28.5. The first kappa shape index (κ1) is 71.5. The summed E-state index contributed by atoms with van der Waals surface area (Å²) in [7, 11) is 0. The van der Waals surface area contributed by atoms with Crippen LogP contribution in [0.4, 0.5) is 34.1 Å². The molecule has 0 heterocycles. The molecule has 0 saturated heterocycles. The van der Waals surface area contributed by atoms with Crippen LogP contribution >= 0.6 is 0 Å². The number of unbranched alkanes of at least 4 members (excludes halogenated alkanes) is 8. The Labute approximate surface area is 567 Å². The maximum Gasteiger partial charge on any atom is 0.343 e. The number of hydrogen-bond donors (Lipinski definition) is 6. The van der Waals surface area contributed by atoms with Crippen molar-refractivity contribution in [1.29, 1.82) is 0 Å². The molecule has 0 radical (unpaired) electrons. The van der Waals surface area contributed by atoms with E-state index in [0.717, 1.165) is 52.9 Å². The zero-order valence-corrected chi connectivity index (χ0v) is 58.0. The third-order valence-corrected chi connectivity index (χ3v) is 22.7. The quantitative estimate of drug-likeness (QED) is 0.0139. The van der Waals surface area contributed by atoms with Gasteiger partial charge in [0, 0.05) is 22.7 Å². The van der Waals surface area contributed by atoms with Crippen LogP contribution in [-0.4, -0.2) is 5.97 Å². The Morgan fingerprint density at radius 2 is 0.638 bits per heavy atom. The predicted molar refractivity (Wildman–Crippen MR) is 397 cm³/mol. The van der Waals surface area contributed by atoms with Gasteiger partial charge >= 0.3 is 5.97 Å². The molecule has 11 rings (SSSR count). The molecule has 5 aliphatic carbocycles. The lowest BCUT2D eigenvalue weighted by atomic mass is 9.68. The maximum absolute atomic E-state index is 12.4. The normalized spacial score (nSPS) is 23.7. The molecule has 5 saturated carbocycles. The van der Waals surface area contributed by atoms with Crippen LogP contribution in [0.2, 0.25) is 0 Å². The van der Waals surface area contributed by atoms with Crippen molar-refractivity contribution in [3.05, 3.63) is 150 Å². The smallest absolute Gasteiger partial charge is 0.343 e. The van der Waals surface area contributed by atoms with E-state index >= 15 is 0 Å². The number of carbonyl (C=O) groups excluding carboxylic acids is 1. The molecule has 0 atom stereocenters. The molecule has 5 aliphatic rings. The van der Waals surface area contributed by atoms with Gasteiger partial charge in [0.25, 0.3) is 0 Å². The number of hydrogen-bond acceptors (Lipinski definition) is 10. The Morgan fingerprint density at radius 1 is 0.330 bits per heavy atom. The van der Waals surface area contributed by atoms with Gasteiger partial charge < -0.3 is 48.6 Å². The number of anilines is 6. The van der Waals surface area contributed by atoms with Gasteiger partial charge in [0.1, 0.15) is 28.7 Å². The molecule has 0 aromatic heterocycles. The minimum Gasteiger partial charge on any atom is -0.455 e. The fourth-order valence-corrected chi connectivity index (χ4v) is 16.9. The minimum atomic E-state index is -0.438.